The van der Waals surface area contributed by atoms with Crippen LogP contribution in [-0.4, -0.2) is 34.2 Å². The first-order valence-electron chi connectivity index (χ1n) is 12.2. The van der Waals surface area contributed by atoms with E-state index >= 15 is 0 Å². The molecule has 1 amide bonds. The minimum Gasteiger partial charge on any atom is -0.491 e. The second-order valence-corrected chi connectivity index (χ2v) is 10.2. The van der Waals surface area contributed by atoms with Crippen LogP contribution in [0, 0.1) is 24.1 Å². The van der Waals surface area contributed by atoms with Crippen molar-refractivity contribution in [1.29, 1.82) is 5.26 Å². The first kappa shape index (κ1) is 29.0. The van der Waals surface area contributed by atoms with Crippen LogP contribution in [0.2, 0.25) is 5.02 Å². The van der Waals surface area contributed by atoms with Gasteiger partial charge in [-0.05, 0) is 37.3 Å². The maximum atomic E-state index is 14.6. The van der Waals surface area contributed by atoms with E-state index in [-0.39, 0.29) is 19.0 Å². The number of rotatable bonds is 8. The van der Waals surface area contributed by atoms with Crippen LogP contribution in [-0.2, 0) is 11.4 Å². The van der Waals surface area contributed by atoms with Gasteiger partial charge in [0, 0.05) is 33.3 Å². The van der Waals surface area contributed by atoms with Crippen LogP contribution in [0.1, 0.15) is 33.7 Å². The number of benzene rings is 2. The van der Waals surface area contributed by atoms with Gasteiger partial charge in [0.25, 0.3) is 17.9 Å². The Balaban J connectivity index is 1.50. The zero-order chi connectivity index (χ0) is 30.1. The van der Waals surface area contributed by atoms with Crippen molar-refractivity contribution in [3.05, 3.63) is 85.6 Å². The number of hydrogen-bond donors (Lipinski definition) is 1. The number of nitriles is 1. The minimum atomic E-state index is -3.16. The maximum absolute atomic E-state index is 14.6. The van der Waals surface area contributed by atoms with Gasteiger partial charge in [-0.3, -0.25) is 24.0 Å². The number of halogens is 4. The highest BCUT2D eigenvalue weighted by Crippen LogP contribution is 2.39. The summed E-state index contributed by atoms with van der Waals surface area (Å²) in [5.74, 6) is -1.07. The number of aryl methyl sites for hydroxylation is 1. The molecule has 0 fully saturated rings. The molecule has 3 aromatic heterocycles. The number of pyridine rings is 1. The van der Waals surface area contributed by atoms with Crippen LogP contribution >= 0.6 is 22.9 Å². The van der Waals surface area contributed by atoms with Crippen LogP contribution in [0.5, 0.6) is 5.75 Å². The van der Waals surface area contributed by atoms with E-state index in [1.807, 2.05) is 0 Å². The van der Waals surface area contributed by atoms with E-state index in [0.717, 1.165) is 4.57 Å². The van der Waals surface area contributed by atoms with E-state index in [1.165, 1.54) is 25.4 Å². The van der Waals surface area contributed by atoms with Crippen LogP contribution in [0.25, 0.3) is 32.2 Å². The van der Waals surface area contributed by atoms with E-state index in [4.69, 9.17) is 21.2 Å². The van der Waals surface area contributed by atoms with Gasteiger partial charge in [-0.1, -0.05) is 11.6 Å². The van der Waals surface area contributed by atoms with Crippen molar-refractivity contribution in [2.45, 2.75) is 19.9 Å². The van der Waals surface area contributed by atoms with E-state index < -0.39 is 45.7 Å². The summed E-state index contributed by atoms with van der Waals surface area (Å²) in [5, 5.41) is 11.1. The number of alkyl halides is 2. The van der Waals surface area contributed by atoms with Gasteiger partial charge in [-0.25, -0.2) is 23.6 Å². The fourth-order valence-electron chi connectivity index (χ4n) is 4.58. The minimum absolute atomic E-state index is 0.0817. The van der Waals surface area contributed by atoms with Crippen molar-refractivity contribution in [2.75, 3.05) is 13.7 Å². The zero-order valence-corrected chi connectivity index (χ0v) is 23.4. The molecule has 42 heavy (non-hydrogen) atoms. The Kier molecular flexibility index (Phi) is 8.13. The van der Waals surface area contributed by atoms with Gasteiger partial charge in [0.05, 0.1) is 40.4 Å². The van der Waals surface area contributed by atoms with Crippen molar-refractivity contribution in [3.8, 4) is 22.9 Å². The number of nitrogens with zero attached hydrogens (tertiary/aromatic N) is 4. The van der Waals surface area contributed by atoms with Gasteiger partial charge >= 0.3 is 0 Å². The average Bonchev–Trinajstić information content (AvgIpc) is 3.40. The van der Waals surface area contributed by atoms with Crippen LogP contribution in [0.3, 0.4) is 0 Å². The lowest BCUT2D eigenvalue weighted by Gasteiger charge is -2.16. The summed E-state index contributed by atoms with van der Waals surface area (Å²) in [4.78, 5) is 38.9. The Morgan fingerprint density at radius 2 is 2.02 bits per heavy atom. The van der Waals surface area contributed by atoms with Gasteiger partial charge in [-0.2, -0.15) is 5.26 Å². The number of nitrogens with one attached hydrogen (secondary N) is 1. The predicted molar refractivity (Wildman–Crippen MR) is 150 cm³/mol. The molecule has 0 bridgehead atoms. The third-order valence-electron chi connectivity index (χ3n) is 6.45. The van der Waals surface area contributed by atoms with E-state index in [0.29, 0.717) is 43.7 Å². The van der Waals surface area contributed by atoms with Crippen LogP contribution in [0.4, 0.5) is 13.2 Å². The van der Waals surface area contributed by atoms with Crippen LogP contribution < -0.4 is 15.8 Å². The SMILES string of the molecule is CONC(=O)c1csc2c(-c3cc(Cl)ccc3OCCn3c(C)nc4c(F)cc(C(F)F)c(C#N)c4c3=O)ccnc12. The molecule has 5 rings (SSSR count). The summed E-state index contributed by atoms with van der Waals surface area (Å²) >= 11 is 7.60. The van der Waals surface area contributed by atoms with Gasteiger partial charge < -0.3 is 4.74 Å². The molecule has 5 aromatic rings. The number of fused-ring (bicyclic) bond motifs is 2. The quantitative estimate of drug-likeness (QED) is 0.215. The standard InChI is InChI=1S/C28H19ClF3N5O4S/c1-13-35-24-20(30)10-17(26(31)32)18(11-33)22(24)28(39)37(13)7-8-41-21-4-3-14(29)9-16(21)15-5-6-34-23-19(12-42-25(15)23)27(38)36-40-2/h3-6,9-10,12,26H,7-8H2,1-2H3,(H,36,38). The normalized spacial score (nSPS) is 11.3. The van der Waals surface area contributed by atoms with E-state index in [2.05, 4.69) is 15.4 Å². The first-order valence-corrected chi connectivity index (χ1v) is 13.5. The molecular formula is C28H19ClF3N5O4S. The van der Waals surface area contributed by atoms with Crippen LogP contribution in [0.15, 0.2) is 46.7 Å². The van der Waals surface area contributed by atoms with Crippen molar-refractivity contribution >= 4 is 50.0 Å². The van der Waals surface area contributed by atoms with Crippen molar-refractivity contribution in [1.82, 2.24) is 20.0 Å². The summed E-state index contributed by atoms with van der Waals surface area (Å²) in [6, 6.07) is 8.82. The lowest BCUT2D eigenvalue weighted by molar-refractivity contribution is 0.0539. The number of thiophene rings is 1. The molecule has 214 valence electrons. The predicted octanol–water partition coefficient (Wildman–Crippen LogP) is 5.95. The van der Waals surface area contributed by atoms with E-state index in [9.17, 15) is 28.0 Å². The van der Waals surface area contributed by atoms with E-state index in [1.54, 1.807) is 41.9 Å². The second-order valence-electron chi connectivity index (χ2n) is 8.88. The van der Waals surface area contributed by atoms with Gasteiger partial charge in [0.1, 0.15) is 35.6 Å². The topological polar surface area (TPSA) is 119 Å². The molecule has 0 radical (unpaired) electrons. The molecule has 1 N–H and O–H groups in total. The Hall–Kier alpha value is -4.51. The highest BCUT2D eigenvalue weighted by Gasteiger charge is 2.24. The molecule has 0 aliphatic carbocycles. The van der Waals surface area contributed by atoms with Crippen molar-refractivity contribution in [2.24, 2.45) is 0 Å². The third kappa shape index (κ3) is 5.16. The Morgan fingerprint density at radius 3 is 2.74 bits per heavy atom. The summed E-state index contributed by atoms with van der Waals surface area (Å²) in [7, 11) is 1.33. The number of carbonyl (C=O) groups is 1. The summed E-state index contributed by atoms with van der Waals surface area (Å²) < 4.78 is 49.5. The molecule has 2 aromatic carbocycles. The molecule has 3 heterocycles. The highest BCUT2D eigenvalue weighted by atomic mass is 35.5. The Bertz CT molecular complexity index is 1970. The van der Waals surface area contributed by atoms with Gasteiger partial charge in [-0.15, -0.1) is 11.3 Å². The summed E-state index contributed by atoms with van der Waals surface area (Å²) in [6.45, 7) is 1.29. The number of aromatic nitrogens is 3. The van der Waals surface area contributed by atoms with Crippen molar-refractivity contribution < 1.29 is 27.5 Å². The molecule has 0 saturated heterocycles. The fourth-order valence-corrected chi connectivity index (χ4v) is 5.78. The lowest BCUT2D eigenvalue weighted by Crippen LogP contribution is -2.27. The number of ether oxygens (including phenoxy) is 1. The molecule has 9 nitrogen and oxygen atoms in total. The lowest BCUT2D eigenvalue weighted by atomic mass is 10.0. The number of hydrogen-bond acceptors (Lipinski definition) is 8. The third-order valence-corrected chi connectivity index (χ3v) is 7.69. The average molecular weight is 614 g/mol. The fraction of sp³-hybridized carbons (Fsp3) is 0.179. The summed E-state index contributed by atoms with van der Waals surface area (Å²) in [6.07, 6.45) is -1.62. The van der Waals surface area contributed by atoms with Gasteiger partial charge in [0.2, 0.25) is 0 Å². The second kappa shape index (κ2) is 11.8. The summed E-state index contributed by atoms with van der Waals surface area (Å²) in [5.41, 5.74) is 1.54. The Morgan fingerprint density at radius 1 is 1.24 bits per heavy atom. The Labute approximate surface area is 244 Å². The number of amides is 1. The largest absolute Gasteiger partial charge is 0.491 e. The zero-order valence-electron chi connectivity index (χ0n) is 21.9. The maximum Gasteiger partial charge on any atom is 0.277 e. The molecule has 0 aliphatic rings. The molecule has 0 aliphatic heterocycles. The molecule has 0 saturated carbocycles. The smallest absolute Gasteiger partial charge is 0.277 e. The molecule has 0 atom stereocenters. The molecule has 0 unspecified atom stereocenters. The molecule has 14 heteroatoms. The number of carbonyl (C=O) groups excluding carboxylic acids is 1. The molecule has 0 spiro atoms. The number of hydroxylamine groups is 1. The van der Waals surface area contributed by atoms with Crippen molar-refractivity contribution in [3.63, 3.8) is 0 Å². The highest BCUT2D eigenvalue weighted by molar-refractivity contribution is 7.18. The van der Waals surface area contributed by atoms with Gasteiger partial charge in [0.15, 0.2) is 0 Å². The molecular weight excluding hydrogens is 595 g/mol. The monoisotopic (exact) mass is 613 g/mol. The first-order chi connectivity index (χ1) is 20.2.